The molecule has 0 unspecified atom stereocenters. The van der Waals surface area contributed by atoms with Gasteiger partial charge >= 0.3 is 5.97 Å². The van der Waals surface area contributed by atoms with E-state index in [-0.39, 0.29) is 23.7 Å². The number of nitriles is 1. The minimum Gasteiger partial charge on any atom is -0.490 e. The zero-order valence-corrected chi connectivity index (χ0v) is 13.7. The predicted octanol–water partition coefficient (Wildman–Crippen LogP) is 2.20. The van der Waals surface area contributed by atoms with Crippen molar-refractivity contribution in [3.05, 3.63) is 59.7 Å². The summed E-state index contributed by atoms with van der Waals surface area (Å²) in [7, 11) is -3.29. The van der Waals surface area contributed by atoms with Crippen molar-refractivity contribution in [2.24, 2.45) is 0 Å². The molecule has 0 spiro atoms. The van der Waals surface area contributed by atoms with Crippen LogP contribution in [0.5, 0.6) is 5.75 Å². The number of carbonyl (C=O) groups excluding carboxylic acids is 1. The molecule has 0 heterocycles. The number of sulfone groups is 1. The SMILES string of the molecule is CS(=O)(=O)c1ccc(C(=O)OCCOc2ccc(C#N)cc2)cc1. The molecule has 7 heteroatoms. The highest BCUT2D eigenvalue weighted by atomic mass is 32.2. The molecule has 24 heavy (non-hydrogen) atoms. The van der Waals surface area contributed by atoms with E-state index in [1.165, 1.54) is 24.3 Å². The van der Waals surface area contributed by atoms with E-state index < -0.39 is 15.8 Å². The van der Waals surface area contributed by atoms with E-state index in [2.05, 4.69) is 0 Å². The zero-order valence-electron chi connectivity index (χ0n) is 12.9. The summed E-state index contributed by atoms with van der Waals surface area (Å²) in [5.74, 6) is 0.0148. The first kappa shape index (κ1) is 17.5. The average Bonchev–Trinajstić information content (AvgIpc) is 2.58. The maximum atomic E-state index is 11.8. The first-order valence-corrected chi connectivity index (χ1v) is 8.89. The minimum atomic E-state index is -3.29. The number of benzene rings is 2. The molecule has 0 saturated carbocycles. The summed E-state index contributed by atoms with van der Waals surface area (Å²) in [6.45, 7) is 0.214. The van der Waals surface area contributed by atoms with Crippen molar-refractivity contribution in [3.63, 3.8) is 0 Å². The Morgan fingerprint density at radius 1 is 1.04 bits per heavy atom. The highest BCUT2D eigenvalue weighted by Gasteiger charge is 2.10. The molecule has 0 N–H and O–H groups in total. The number of esters is 1. The van der Waals surface area contributed by atoms with Gasteiger partial charge in [-0.15, -0.1) is 0 Å². The summed E-state index contributed by atoms with van der Waals surface area (Å²) in [4.78, 5) is 12.0. The van der Waals surface area contributed by atoms with Crippen LogP contribution in [0.3, 0.4) is 0 Å². The molecule has 0 aliphatic rings. The van der Waals surface area contributed by atoms with E-state index in [4.69, 9.17) is 14.7 Å². The Bertz CT molecular complexity index is 849. The van der Waals surface area contributed by atoms with Crippen molar-refractivity contribution in [2.45, 2.75) is 4.90 Å². The van der Waals surface area contributed by atoms with Gasteiger partial charge in [0.1, 0.15) is 19.0 Å². The van der Waals surface area contributed by atoms with Crippen molar-refractivity contribution in [1.82, 2.24) is 0 Å². The van der Waals surface area contributed by atoms with Crippen LogP contribution in [0.15, 0.2) is 53.4 Å². The fourth-order valence-electron chi connectivity index (χ4n) is 1.84. The molecular weight excluding hydrogens is 330 g/mol. The molecule has 0 amide bonds. The van der Waals surface area contributed by atoms with Gasteiger partial charge in [-0.25, -0.2) is 13.2 Å². The molecular formula is C17H15NO5S. The minimum absolute atomic E-state index is 0.0483. The summed E-state index contributed by atoms with van der Waals surface area (Å²) in [5.41, 5.74) is 0.798. The Labute approximate surface area is 140 Å². The van der Waals surface area contributed by atoms with Gasteiger partial charge in [-0.1, -0.05) is 0 Å². The third-order valence-electron chi connectivity index (χ3n) is 3.09. The predicted molar refractivity (Wildman–Crippen MR) is 86.5 cm³/mol. The lowest BCUT2D eigenvalue weighted by molar-refractivity contribution is 0.0450. The van der Waals surface area contributed by atoms with Crippen molar-refractivity contribution < 1.29 is 22.7 Å². The van der Waals surface area contributed by atoms with E-state index in [1.807, 2.05) is 6.07 Å². The number of nitrogens with zero attached hydrogens (tertiary/aromatic N) is 1. The Kier molecular flexibility index (Phi) is 5.55. The maximum absolute atomic E-state index is 11.8. The van der Waals surface area contributed by atoms with Gasteiger partial charge in [-0.3, -0.25) is 0 Å². The highest BCUT2D eigenvalue weighted by molar-refractivity contribution is 7.90. The smallest absolute Gasteiger partial charge is 0.338 e. The molecule has 2 aromatic carbocycles. The number of carbonyl (C=O) groups is 1. The van der Waals surface area contributed by atoms with Crippen LogP contribution in [-0.4, -0.2) is 33.9 Å². The van der Waals surface area contributed by atoms with Gasteiger partial charge in [-0.05, 0) is 48.5 Å². The molecule has 0 fully saturated rings. The Balaban J connectivity index is 1.81. The van der Waals surface area contributed by atoms with Gasteiger partial charge in [0.15, 0.2) is 9.84 Å². The summed E-state index contributed by atoms with van der Waals surface area (Å²) < 4.78 is 33.1. The molecule has 0 aliphatic carbocycles. The first-order valence-electron chi connectivity index (χ1n) is 7.00. The van der Waals surface area contributed by atoms with E-state index in [1.54, 1.807) is 24.3 Å². The van der Waals surface area contributed by atoms with Crippen LogP contribution in [0, 0.1) is 11.3 Å². The van der Waals surface area contributed by atoms with Gasteiger partial charge in [-0.2, -0.15) is 5.26 Å². The fourth-order valence-corrected chi connectivity index (χ4v) is 2.47. The van der Waals surface area contributed by atoms with Gasteiger partial charge in [0, 0.05) is 6.26 Å². The molecule has 0 radical (unpaired) electrons. The summed E-state index contributed by atoms with van der Waals surface area (Å²) >= 11 is 0. The van der Waals surface area contributed by atoms with E-state index in [0.717, 1.165) is 6.26 Å². The highest BCUT2D eigenvalue weighted by Crippen LogP contribution is 2.12. The van der Waals surface area contributed by atoms with Crippen LogP contribution in [-0.2, 0) is 14.6 Å². The standard InChI is InChI=1S/C17H15NO5S/c1-24(20,21)16-8-4-14(5-9-16)17(19)23-11-10-22-15-6-2-13(12-18)3-7-15/h2-9H,10-11H2,1H3. The quantitative estimate of drug-likeness (QED) is 0.588. The molecule has 2 aromatic rings. The lowest BCUT2D eigenvalue weighted by Gasteiger charge is -2.08. The maximum Gasteiger partial charge on any atom is 0.338 e. The molecule has 0 saturated heterocycles. The van der Waals surface area contributed by atoms with Crippen LogP contribution < -0.4 is 4.74 Å². The molecule has 6 nitrogen and oxygen atoms in total. The van der Waals surface area contributed by atoms with Crippen LogP contribution in [0.25, 0.3) is 0 Å². The summed E-state index contributed by atoms with van der Waals surface area (Å²) in [6, 6.07) is 14.1. The molecule has 0 bridgehead atoms. The van der Waals surface area contributed by atoms with Gasteiger partial charge in [0.25, 0.3) is 0 Å². The van der Waals surface area contributed by atoms with Crippen molar-refractivity contribution in [3.8, 4) is 11.8 Å². The average molecular weight is 345 g/mol. The van der Waals surface area contributed by atoms with Crippen LogP contribution in [0.4, 0.5) is 0 Å². The Morgan fingerprint density at radius 3 is 2.21 bits per heavy atom. The third-order valence-corrected chi connectivity index (χ3v) is 4.22. The van der Waals surface area contributed by atoms with Crippen molar-refractivity contribution >= 4 is 15.8 Å². The van der Waals surface area contributed by atoms with E-state index in [0.29, 0.717) is 11.3 Å². The lowest BCUT2D eigenvalue weighted by atomic mass is 10.2. The molecule has 2 rings (SSSR count). The normalized spacial score (nSPS) is 10.7. The summed E-state index contributed by atoms with van der Waals surface area (Å²) in [5, 5.41) is 8.69. The van der Waals surface area contributed by atoms with Gasteiger partial charge < -0.3 is 9.47 Å². The monoisotopic (exact) mass is 345 g/mol. The molecule has 0 aliphatic heterocycles. The Morgan fingerprint density at radius 2 is 1.67 bits per heavy atom. The lowest BCUT2D eigenvalue weighted by Crippen LogP contribution is -2.12. The molecule has 124 valence electrons. The molecule has 0 atom stereocenters. The van der Waals surface area contributed by atoms with Gasteiger partial charge in [0.2, 0.25) is 0 Å². The topological polar surface area (TPSA) is 93.5 Å². The second kappa shape index (κ2) is 7.62. The zero-order chi connectivity index (χ0) is 17.6. The van der Waals surface area contributed by atoms with Crippen molar-refractivity contribution in [1.29, 1.82) is 5.26 Å². The summed E-state index contributed by atoms with van der Waals surface area (Å²) in [6.07, 6.45) is 1.10. The first-order chi connectivity index (χ1) is 11.4. The number of rotatable bonds is 6. The third kappa shape index (κ3) is 4.83. The van der Waals surface area contributed by atoms with Crippen LogP contribution in [0.1, 0.15) is 15.9 Å². The Hall–Kier alpha value is -2.85. The second-order valence-electron chi connectivity index (χ2n) is 4.92. The fraction of sp³-hybridized carbons (Fsp3) is 0.176. The van der Waals surface area contributed by atoms with E-state index >= 15 is 0 Å². The van der Waals surface area contributed by atoms with Crippen molar-refractivity contribution in [2.75, 3.05) is 19.5 Å². The van der Waals surface area contributed by atoms with Crippen LogP contribution in [0.2, 0.25) is 0 Å². The van der Waals surface area contributed by atoms with Crippen LogP contribution >= 0.6 is 0 Å². The number of hydrogen-bond donors (Lipinski definition) is 0. The second-order valence-corrected chi connectivity index (χ2v) is 6.93. The van der Waals surface area contributed by atoms with Gasteiger partial charge in [0.05, 0.1) is 22.1 Å². The molecule has 0 aromatic heterocycles. The number of ether oxygens (including phenoxy) is 2. The van der Waals surface area contributed by atoms with E-state index in [9.17, 15) is 13.2 Å². The number of hydrogen-bond acceptors (Lipinski definition) is 6. The largest absolute Gasteiger partial charge is 0.490 e.